The zero-order valence-corrected chi connectivity index (χ0v) is 13.5. The first-order chi connectivity index (χ1) is 11.3. The molecule has 7 heteroatoms. The van der Waals surface area contributed by atoms with E-state index in [1.807, 2.05) is 0 Å². The van der Waals surface area contributed by atoms with Crippen molar-refractivity contribution in [2.75, 3.05) is 5.75 Å². The van der Waals surface area contributed by atoms with Gasteiger partial charge in [-0.1, -0.05) is 24.3 Å². The number of benzene rings is 2. The van der Waals surface area contributed by atoms with Crippen LogP contribution in [0.25, 0.3) is 0 Å². The van der Waals surface area contributed by atoms with Crippen LogP contribution >= 0.6 is 11.8 Å². The topological polar surface area (TPSA) is 29.1 Å². The quantitative estimate of drug-likeness (QED) is 0.605. The highest BCUT2D eigenvalue weighted by atomic mass is 32.2. The van der Waals surface area contributed by atoms with Gasteiger partial charge in [-0.3, -0.25) is 4.79 Å². The van der Waals surface area contributed by atoms with E-state index >= 15 is 0 Å². The van der Waals surface area contributed by atoms with E-state index in [2.05, 4.69) is 5.32 Å². The van der Waals surface area contributed by atoms with Gasteiger partial charge in [-0.05, 0) is 36.8 Å². The summed E-state index contributed by atoms with van der Waals surface area (Å²) >= 11 is 0.572. The fourth-order valence-corrected chi connectivity index (χ4v) is 2.86. The van der Waals surface area contributed by atoms with Gasteiger partial charge in [-0.15, -0.1) is 11.8 Å². The average molecular weight is 357 g/mol. The van der Waals surface area contributed by atoms with Crippen LogP contribution in [-0.2, 0) is 0 Å². The van der Waals surface area contributed by atoms with Crippen molar-refractivity contribution >= 4 is 17.7 Å². The van der Waals surface area contributed by atoms with Crippen molar-refractivity contribution in [1.29, 1.82) is 0 Å². The molecule has 0 aliphatic heterocycles. The molecule has 2 aromatic rings. The van der Waals surface area contributed by atoms with Crippen molar-refractivity contribution in [1.82, 2.24) is 5.32 Å². The van der Waals surface area contributed by atoms with Crippen LogP contribution in [0, 0.1) is 5.82 Å². The van der Waals surface area contributed by atoms with Gasteiger partial charge in [0.05, 0.1) is 17.4 Å². The van der Waals surface area contributed by atoms with E-state index in [0.717, 1.165) is 0 Å². The maximum atomic E-state index is 12.9. The molecule has 0 radical (unpaired) electrons. The summed E-state index contributed by atoms with van der Waals surface area (Å²) in [6.45, 7) is 1.72. The number of hydrogen-bond donors (Lipinski definition) is 1. The van der Waals surface area contributed by atoms with Gasteiger partial charge in [0.2, 0.25) is 0 Å². The van der Waals surface area contributed by atoms with Gasteiger partial charge in [0.15, 0.2) is 0 Å². The summed E-state index contributed by atoms with van der Waals surface area (Å²) in [4.78, 5) is 12.6. The summed E-state index contributed by atoms with van der Waals surface area (Å²) in [5, 5.41) is 2.71. The highest BCUT2D eigenvalue weighted by Crippen LogP contribution is 2.29. The lowest BCUT2D eigenvalue weighted by atomic mass is 10.1. The molecule has 0 bridgehead atoms. The first-order valence-corrected chi connectivity index (χ1v) is 8.10. The Balaban J connectivity index is 2.10. The second-order valence-corrected chi connectivity index (χ2v) is 6.16. The Morgan fingerprint density at radius 3 is 2.38 bits per heavy atom. The average Bonchev–Trinajstić information content (AvgIpc) is 2.53. The van der Waals surface area contributed by atoms with Crippen molar-refractivity contribution in [2.45, 2.75) is 24.0 Å². The number of alkyl halides is 3. The zero-order chi connectivity index (χ0) is 17.7. The van der Waals surface area contributed by atoms with Gasteiger partial charge in [-0.2, -0.15) is 13.2 Å². The summed E-state index contributed by atoms with van der Waals surface area (Å²) in [5.41, 5.74) is 0.880. The van der Waals surface area contributed by atoms with E-state index in [0.29, 0.717) is 17.3 Å². The van der Waals surface area contributed by atoms with Gasteiger partial charge in [0.1, 0.15) is 5.82 Å². The molecule has 0 aliphatic rings. The number of hydrogen-bond acceptors (Lipinski definition) is 2. The molecule has 0 fully saturated rings. The summed E-state index contributed by atoms with van der Waals surface area (Å²) in [6, 6.07) is 11.4. The summed E-state index contributed by atoms with van der Waals surface area (Å²) in [6.07, 6.45) is -4.31. The van der Waals surface area contributed by atoms with Crippen LogP contribution in [0.5, 0.6) is 0 Å². The van der Waals surface area contributed by atoms with E-state index < -0.39 is 23.9 Å². The van der Waals surface area contributed by atoms with Gasteiger partial charge in [0, 0.05) is 4.90 Å². The van der Waals surface area contributed by atoms with Gasteiger partial charge in [0.25, 0.3) is 5.91 Å². The third-order valence-corrected chi connectivity index (χ3v) is 4.38. The fourth-order valence-electron chi connectivity index (χ4n) is 2.05. The van der Waals surface area contributed by atoms with Crippen LogP contribution in [0.2, 0.25) is 0 Å². The molecule has 2 nitrogen and oxygen atoms in total. The van der Waals surface area contributed by atoms with Crippen LogP contribution in [0.4, 0.5) is 17.6 Å². The molecular formula is C17H15F4NOS. The van der Waals surface area contributed by atoms with Crippen molar-refractivity contribution in [3.63, 3.8) is 0 Å². The predicted octanol–water partition coefficient (Wildman–Crippen LogP) is 4.97. The fraction of sp³-hybridized carbons (Fsp3) is 0.235. The molecule has 0 saturated carbocycles. The van der Waals surface area contributed by atoms with Crippen LogP contribution in [0.1, 0.15) is 28.9 Å². The SMILES string of the molecule is CC(NC(=O)c1ccccc1SCC(F)(F)F)c1ccc(F)cc1. The molecular weight excluding hydrogens is 342 g/mol. The third-order valence-electron chi connectivity index (χ3n) is 3.24. The lowest BCUT2D eigenvalue weighted by Gasteiger charge is -2.16. The number of amides is 1. The molecule has 1 unspecified atom stereocenters. The van der Waals surface area contributed by atoms with Gasteiger partial charge >= 0.3 is 6.18 Å². The molecule has 2 rings (SSSR count). The molecule has 1 N–H and O–H groups in total. The monoisotopic (exact) mass is 357 g/mol. The number of carbonyl (C=O) groups excluding carboxylic acids is 1. The molecule has 2 aromatic carbocycles. The van der Waals surface area contributed by atoms with E-state index in [1.54, 1.807) is 31.2 Å². The third kappa shape index (κ3) is 5.26. The van der Waals surface area contributed by atoms with Gasteiger partial charge in [-0.25, -0.2) is 4.39 Å². The minimum Gasteiger partial charge on any atom is -0.345 e. The van der Waals surface area contributed by atoms with Crippen LogP contribution in [0.3, 0.4) is 0 Å². The van der Waals surface area contributed by atoms with E-state index in [4.69, 9.17) is 0 Å². The zero-order valence-electron chi connectivity index (χ0n) is 12.7. The molecule has 0 saturated heterocycles. The lowest BCUT2D eigenvalue weighted by molar-refractivity contribution is -0.105. The predicted molar refractivity (Wildman–Crippen MR) is 85.5 cm³/mol. The highest BCUT2D eigenvalue weighted by molar-refractivity contribution is 7.99. The molecule has 0 aromatic heterocycles. The molecule has 0 heterocycles. The number of nitrogens with one attached hydrogen (secondary N) is 1. The molecule has 0 spiro atoms. The standard InChI is InChI=1S/C17H15F4NOS/c1-11(12-6-8-13(18)9-7-12)22-16(23)14-4-2-3-5-15(14)24-10-17(19,20)21/h2-9,11H,10H2,1H3,(H,22,23). The highest BCUT2D eigenvalue weighted by Gasteiger charge is 2.28. The molecule has 128 valence electrons. The van der Waals surface area contributed by atoms with Crippen molar-refractivity contribution in [3.05, 3.63) is 65.5 Å². The summed E-state index contributed by atoms with van der Waals surface area (Å²) in [5.74, 6) is -1.92. The Kier molecular flexibility index (Phi) is 5.88. The van der Waals surface area contributed by atoms with E-state index in [1.165, 1.54) is 24.3 Å². The number of thioether (sulfide) groups is 1. The molecule has 1 atom stereocenters. The normalized spacial score (nSPS) is 12.7. The minimum atomic E-state index is -4.31. The Hall–Kier alpha value is -2.02. The minimum absolute atomic E-state index is 0.181. The summed E-state index contributed by atoms with van der Waals surface area (Å²) in [7, 11) is 0. The second kappa shape index (κ2) is 7.70. The van der Waals surface area contributed by atoms with Crippen molar-refractivity contribution in [2.24, 2.45) is 0 Å². The first-order valence-electron chi connectivity index (χ1n) is 7.11. The number of halogens is 4. The van der Waals surface area contributed by atoms with E-state index in [-0.39, 0.29) is 16.3 Å². The summed E-state index contributed by atoms with van der Waals surface area (Å²) < 4.78 is 50.1. The Labute approximate surface area is 141 Å². The Morgan fingerprint density at radius 2 is 1.75 bits per heavy atom. The van der Waals surface area contributed by atoms with Crippen molar-refractivity contribution in [3.8, 4) is 0 Å². The number of carbonyl (C=O) groups is 1. The van der Waals surface area contributed by atoms with Crippen LogP contribution in [0.15, 0.2) is 53.4 Å². The molecule has 0 aliphatic carbocycles. The molecule has 24 heavy (non-hydrogen) atoms. The van der Waals surface area contributed by atoms with Crippen LogP contribution < -0.4 is 5.32 Å². The number of rotatable bonds is 5. The maximum absolute atomic E-state index is 12.9. The largest absolute Gasteiger partial charge is 0.398 e. The second-order valence-electron chi connectivity index (χ2n) is 5.15. The van der Waals surface area contributed by atoms with E-state index in [9.17, 15) is 22.4 Å². The smallest absolute Gasteiger partial charge is 0.345 e. The molecule has 1 amide bonds. The van der Waals surface area contributed by atoms with Gasteiger partial charge < -0.3 is 5.32 Å². The Bertz CT molecular complexity index is 700. The first kappa shape index (κ1) is 18.3. The Morgan fingerprint density at radius 1 is 1.12 bits per heavy atom. The van der Waals surface area contributed by atoms with Crippen LogP contribution in [-0.4, -0.2) is 17.8 Å². The van der Waals surface area contributed by atoms with Crippen molar-refractivity contribution < 1.29 is 22.4 Å². The lowest BCUT2D eigenvalue weighted by Crippen LogP contribution is -2.27. The maximum Gasteiger partial charge on any atom is 0.398 e.